The number of hydrogen-bond acceptors (Lipinski definition) is 4. The van der Waals surface area contributed by atoms with Crippen molar-refractivity contribution in [2.24, 2.45) is 0 Å². The Morgan fingerprint density at radius 2 is 1.76 bits per heavy atom. The van der Waals surface area contributed by atoms with Crippen molar-refractivity contribution < 1.29 is 18.3 Å². The van der Waals surface area contributed by atoms with E-state index in [0.717, 1.165) is 0 Å². The van der Waals surface area contributed by atoms with Gasteiger partial charge in [-0.25, -0.2) is 4.39 Å². The van der Waals surface area contributed by atoms with E-state index in [1.807, 2.05) is 0 Å². The number of nitro benzene ring substituents is 1. The van der Waals surface area contributed by atoms with Crippen LogP contribution in [0.15, 0.2) is 53.4 Å². The summed E-state index contributed by atoms with van der Waals surface area (Å²) in [7, 11) is -1.80. The zero-order valence-corrected chi connectivity index (χ0v) is 11.5. The lowest BCUT2D eigenvalue weighted by atomic mass is 10.1. The second-order valence-corrected chi connectivity index (χ2v) is 5.57. The molecule has 2 aromatic carbocycles. The molecule has 2 rings (SSSR count). The predicted molar refractivity (Wildman–Crippen MR) is 75.1 cm³/mol. The van der Waals surface area contributed by atoms with Crippen molar-refractivity contribution in [3.63, 3.8) is 0 Å². The molecule has 21 heavy (non-hydrogen) atoms. The molecule has 0 heterocycles. The number of non-ortho nitro benzene ring substituents is 1. The van der Waals surface area contributed by atoms with E-state index in [1.165, 1.54) is 48.5 Å². The molecule has 0 spiro atoms. The van der Waals surface area contributed by atoms with Gasteiger partial charge < -0.3 is 0 Å². The third kappa shape index (κ3) is 3.57. The number of halogens is 1. The lowest BCUT2D eigenvalue weighted by molar-refractivity contribution is -0.384. The van der Waals surface area contributed by atoms with Crippen molar-refractivity contribution in [1.82, 2.24) is 0 Å². The summed E-state index contributed by atoms with van der Waals surface area (Å²) >= 11 is 0. The summed E-state index contributed by atoms with van der Waals surface area (Å²) in [6, 6.07) is 10.5. The first-order valence-corrected chi connectivity index (χ1v) is 7.21. The molecule has 0 aliphatic heterocycles. The Morgan fingerprint density at radius 3 is 2.33 bits per heavy atom. The Bertz CT molecular complexity index is 715. The summed E-state index contributed by atoms with van der Waals surface area (Å²) in [4.78, 5) is 21.8. The molecular weight excluding hydrogens is 297 g/mol. The molecule has 5 nitrogen and oxygen atoms in total. The van der Waals surface area contributed by atoms with Crippen LogP contribution in [0.25, 0.3) is 0 Å². The molecule has 2 aromatic rings. The molecule has 108 valence electrons. The van der Waals surface area contributed by atoms with Crippen LogP contribution in [0.4, 0.5) is 10.1 Å². The third-order valence-corrected chi connectivity index (χ3v) is 4.09. The second kappa shape index (κ2) is 6.36. The molecular formula is C14H10FNO4S. The highest BCUT2D eigenvalue weighted by Gasteiger charge is 2.16. The zero-order valence-electron chi connectivity index (χ0n) is 10.7. The number of benzene rings is 2. The Balaban J connectivity index is 2.13. The molecule has 0 N–H and O–H groups in total. The van der Waals surface area contributed by atoms with E-state index in [2.05, 4.69) is 0 Å². The van der Waals surface area contributed by atoms with Crippen LogP contribution in [0.5, 0.6) is 0 Å². The molecule has 0 aliphatic carbocycles. The van der Waals surface area contributed by atoms with E-state index in [0.29, 0.717) is 0 Å². The van der Waals surface area contributed by atoms with Gasteiger partial charge in [0.15, 0.2) is 5.78 Å². The number of ketones is 1. The average molecular weight is 307 g/mol. The van der Waals surface area contributed by atoms with E-state index < -0.39 is 27.3 Å². The van der Waals surface area contributed by atoms with Gasteiger partial charge in [-0.15, -0.1) is 0 Å². The van der Waals surface area contributed by atoms with Crippen molar-refractivity contribution in [2.45, 2.75) is 4.90 Å². The molecule has 0 amide bonds. The first-order valence-electron chi connectivity index (χ1n) is 5.89. The van der Waals surface area contributed by atoms with Crippen molar-refractivity contribution in [3.05, 3.63) is 70.0 Å². The Labute approximate surface area is 122 Å². The second-order valence-electron chi connectivity index (χ2n) is 4.15. The fraction of sp³-hybridized carbons (Fsp3) is 0.0714. The van der Waals surface area contributed by atoms with Gasteiger partial charge in [-0.3, -0.25) is 19.1 Å². The molecule has 0 aromatic heterocycles. The van der Waals surface area contributed by atoms with Gasteiger partial charge in [0.05, 0.1) is 26.4 Å². The minimum Gasteiger partial charge on any atom is -0.293 e. The number of nitrogens with zero attached hydrogens (tertiary/aromatic N) is 1. The highest BCUT2D eigenvalue weighted by molar-refractivity contribution is 7.85. The minimum atomic E-state index is -1.80. The van der Waals surface area contributed by atoms with Crippen LogP contribution in [0.1, 0.15) is 10.4 Å². The van der Waals surface area contributed by atoms with Crippen LogP contribution in [0.3, 0.4) is 0 Å². The summed E-state index contributed by atoms with van der Waals surface area (Å²) in [5.41, 5.74) is 0.0621. The molecule has 7 heteroatoms. The predicted octanol–water partition coefficient (Wildman–Crippen LogP) is 2.72. The zero-order chi connectivity index (χ0) is 15.4. The standard InChI is InChI=1S/C14H10FNO4S/c15-12-3-1-2-4-14(12)21(20)9-13(17)10-5-7-11(8-6-10)16(18)19/h1-8H,9H2. The quantitative estimate of drug-likeness (QED) is 0.483. The summed E-state index contributed by atoms with van der Waals surface area (Å²) in [6.07, 6.45) is 0. The first kappa shape index (κ1) is 15.0. The number of rotatable bonds is 5. The molecule has 0 bridgehead atoms. The molecule has 0 saturated carbocycles. The van der Waals surface area contributed by atoms with Crippen LogP contribution < -0.4 is 0 Å². The summed E-state index contributed by atoms with van der Waals surface area (Å²) in [6.45, 7) is 0. The van der Waals surface area contributed by atoms with E-state index in [9.17, 15) is 23.5 Å². The van der Waals surface area contributed by atoms with Crippen molar-refractivity contribution in [1.29, 1.82) is 0 Å². The van der Waals surface area contributed by atoms with E-state index in [4.69, 9.17) is 0 Å². The Hall–Kier alpha value is -2.41. The van der Waals surface area contributed by atoms with Crippen molar-refractivity contribution in [3.8, 4) is 0 Å². The van der Waals surface area contributed by atoms with E-state index in [-0.39, 0.29) is 21.9 Å². The minimum absolute atomic E-state index is 0.0345. The van der Waals surface area contributed by atoms with Gasteiger partial charge in [-0.1, -0.05) is 12.1 Å². The number of Topliss-reactive ketones (excluding diaryl/α,β-unsaturated/α-hetero) is 1. The van der Waals surface area contributed by atoms with Crippen LogP contribution in [-0.4, -0.2) is 20.7 Å². The summed E-state index contributed by atoms with van der Waals surface area (Å²) in [5, 5.41) is 10.5. The maximum atomic E-state index is 13.5. The normalized spacial score (nSPS) is 11.9. The van der Waals surface area contributed by atoms with Crippen molar-refractivity contribution >= 4 is 22.3 Å². The monoisotopic (exact) mass is 307 g/mol. The van der Waals surface area contributed by atoms with Crippen LogP contribution >= 0.6 is 0 Å². The highest BCUT2D eigenvalue weighted by atomic mass is 32.2. The topological polar surface area (TPSA) is 77.3 Å². The number of carbonyl (C=O) groups excluding carboxylic acids is 1. The van der Waals surface area contributed by atoms with Gasteiger partial charge in [0.25, 0.3) is 5.69 Å². The lowest BCUT2D eigenvalue weighted by Crippen LogP contribution is -2.12. The Morgan fingerprint density at radius 1 is 1.14 bits per heavy atom. The maximum absolute atomic E-state index is 13.5. The number of hydrogen-bond donors (Lipinski definition) is 0. The third-order valence-electron chi connectivity index (χ3n) is 2.74. The van der Waals surface area contributed by atoms with Crippen LogP contribution in [-0.2, 0) is 10.8 Å². The van der Waals surface area contributed by atoms with E-state index >= 15 is 0 Å². The molecule has 0 radical (unpaired) electrons. The molecule has 0 saturated heterocycles. The highest BCUT2D eigenvalue weighted by Crippen LogP contribution is 2.15. The fourth-order valence-electron chi connectivity index (χ4n) is 1.68. The first-order chi connectivity index (χ1) is 9.99. The van der Waals surface area contributed by atoms with Crippen LogP contribution in [0, 0.1) is 15.9 Å². The lowest BCUT2D eigenvalue weighted by Gasteiger charge is -2.03. The fourth-order valence-corrected chi connectivity index (χ4v) is 2.75. The van der Waals surface area contributed by atoms with E-state index in [1.54, 1.807) is 0 Å². The van der Waals surface area contributed by atoms with Crippen LogP contribution in [0.2, 0.25) is 0 Å². The van der Waals surface area contributed by atoms with Gasteiger partial charge in [-0.05, 0) is 24.3 Å². The smallest absolute Gasteiger partial charge is 0.269 e. The van der Waals surface area contributed by atoms with Gasteiger partial charge in [0.2, 0.25) is 0 Å². The number of nitro groups is 1. The summed E-state index contributed by atoms with van der Waals surface area (Å²) in [5.74, 6) is -1.47. The van der Waals surface area contributed by atoms with Gasteiger partial charge >= 0.3 is 0 Å². The average Bonchev–Trinajstić information content (AvgIpc) is 2.47. The molecule has 1 atom stereocenters. The largest absolute Gasteiger partial charge is 0.293 e. The van der Waals surface area contributed by atoms with Gasteiger partial charge in [0, 0.05) is 17.7 Å². The molecule has 0 fully saturated rings. The molecule has 1 unspecified atom stereocenters. The molecule has 0 aliphatic rings. The van der Waals surface area contributed by atoms with Gasteiger partial charge in [-0.2, -0.15) is 0 Å². The van der Waals surface area contributed by atoms with Crippen molar-refractivity contribution in [2.75, 3.05) is 5.75 Å². The Kier molecular flexibility index (Phi) is 4.54. The van der Waals surface area contributed by atoms with Gasteiger partial charge in [0.1, 0.15) is 5.82 Å². The number of carbonyl (C=O) groups is 1. The summed E-state index contributed by atoms with van der Waals surface area (Å²) < 4.78 is 25.4. The SMILES string of the molecule is O=C(CS(=O)c1ccccc1F)c1ccc([N+](=O)[O-])cc1. The maximum Gasteiger partial charge on any atom is 0.269 e.